The summed E-state index contributed by atoms with van der Waals surface area (Å²) in [6.45, 7) is 2.18. The second kappa shape index (κ2) is 8.28. The molecule has 1 aliphatic heterocycles. The Hall–Kier alpha value is -3.19. The number of carbonyl (C=O) groups excluding carboxylic acids is 1. The van der Waals surface area contributed by atoms with Gasteiger partial charge in [0.25, 0.3) is 0 Å². The summed E-state index contributed by atoms with van der Waals surface area (Å²) in [6.07, 6.45) is 5.53. The predicted octanol–water partition coefficient (Wildman–Crippen LogP) is 4.01. The van der Waals surface area contributed by atoms with Gasteiger partial charge in [-0.1, -0.05) is 24.3 Å². The summed E-state index contributed by atoms with van der Waals surface area (Å²) in [5.41, 5.74) is 1.12. The molecule has 1 amide bonds. The molecule has 1 atom stereocenters. The zero-order chi connectivity index (χ0) is 20.3. The Balaban J connectivity index is 1.32. The average Bonchev–Trinajstić information content (AvgIpc) is 3.47. The Labute approximate surface area is 179 Å². The Morgan fingerprint density at radius 1 is 1.13 bits per heavy atom. The largest absolute Gasteiger partial charge is 0.356 e. The third-order valence-corrected chi connectivity index (χ3v) is 6.49. The third-order valence-electron chi connectivity index (χ3n) is 5.62. The fourth-order valence-corrected chi connectivity index (χ4v) is 4.70. The first-order valence-corrected chi connectivity index (χ1v) is 11.1. The molecule has 0 unspecified atom stereocenters. The van der Waals surface area contributed by atoms with Gasteiger partial charge in [-0.15, -0.1) is 11.3 Å². The van der Waals surface area contributed by atoms with E-state index in [1.54, 1.807) is 17.7 Å². The molecule has 3 aromatic heterocycles. The van der Waals surface area contributed by atoms with E-state index in [1.807, 2.05) is 41.9 Å². The molecule has 1 saturated heterocycles. The molecule has 7 heteroatoms. The van der Waals surface area contributed by atoms with Crippen molar-refractivity contribution in [2.75, 3.05) is 18.0 Å². The number of fused-ring (bicyclic) bond motifs is 1. The SMILES string of the molecule is O=C(NCc1cccs1)[C@H]1CCCN(c2cc(-n3ccc4ccccc43)ncn2)C1. The van der Waals surface area contributed by atoms with Gasteiger partial charge in [0.05, 0.1) is 18.0 Å². The van der Waals surface area contributed by atoms with E-state index in [0.717, 1.165) is 36.5 Å². The number of carbonyl (C=O) groups is 1. The maximum atomic E-state index is 12.7. The van der Waals surface area contributed by atoms with Crippen LogP contribution in [-0.2, 0) is 11.3 Å². The number of para-hydroxylation sites is 1. The molecular formula is C23H23N5OS. The van der Waals surface area contributed by atoms with Gasteiger partial charge in [0.15, 0.2) is 0 Å². The predicted molar refractivity (Wildman–Crippen MR) is 120 cm³/mol. The minimum atomic E-state index is -0.0236. The second-order valence-corrected chi connectivity index (χ2v) is 8.59. The Kier molecular flexibility index (Phi) is 5.19. The Morgan fingerprint density at radius 3 is 2.93 bits per heavy atom. The van der Waals surface area contributed by atoms with Crippen LogP contribution in [0.5, 0.6) is 0 Å². The van der Waals surface area contributed by atoms with Gasteiger partial charge in [-0.3, -0.25) is 4.79 Å². The van der Waals surface area contributed by atoms with E-state index in [-0.39, 0.29) is 11.8 Å². The third kappa shape index (κ3) is 3.80. The van der Waals surface area contributed by atoms with Crippen LogP contribution in [0, 0.1) is 5.92 Å². The molecule has 0 radical (unpaired) electrons. The number of aromatic nitrogens is 3. The van der Waals surface area contributed by atoms with Crippen LogP contribution < -0.4 is 10.2 Å². The van der Waals surface area contributed by atoms with Gasteiger partial charge in [0, 0.05) is 30.2 Å². The van der Waals surface area contributed by atoms with Gasteiger partial charge >= 0.3 is 0 Å². The lowest BCUT2D eigenvalue weighted by Gasteiger charge is -2.33. The van der Waals surface area contributed by atoms with E-state index in [9.17, 15) is 4.79 Å². The van der Waals surface area contributed by atoms with E-state index in [2.05, 4.69) is 43.0 Å². The van der Waals surface area contributed by atoms with Gasteiger partial charge < -0.3 is 14.8 Å². The fourth-order valence-electron chi connectivity index (χ4n) is 4.06. The lowest BCUT2D eigenvalue weighted by atomic mass is 9.97. The lowest BCUT2D eigenvalue weighted by molar-refractivity contribution is -0.125. The van der Waals surface area contributed by atoms with Crippen LogP contribution in [-0.4, -0.2) is 33.5 Å². The minimum Gasteiger partial charge on any atom is -0.356 e. The van der Waals surface area contributed by atoms with Crippen molar-refractivity contribution in [2.45, 2.75) is 19.4 Å². The number of amides is 1. The zero-order valence-electron chi connectivity index (χ0n) is 16.6. The van der Waals surface area contributed by atoms with Crippen LogP contribution in [0.2, 0.25) is 0 Å². The summed E-state index contributed by atoms with van der Waals surface area (Å²) < 4.78 is 2.08. The van der Waals surface area contributed by atoms with E-state index in [1.165, 1.54) is 10.3 Å². The van der Waals surface area contributed by atoms with E-state index in [4.69, 9.17) is 0 Å². The minimum absolute atomic E-state index is 0.0236. The van der Waals surface area contributed by atoms with Gasteiger partial charge in [-0.2, -0.15) is 0 Å². The number of rotatable bonds is 5. The first kappa shape index (κ1) is 18.8. The monoisotopic (exact) mass is 417 g/mol. The molecule has 0 saturated carbocycles. The summed E-state index contributed by atoms with van der Waals surface area (Å²) in [4.78, 5) is 25.1. The summed E-state index contributed by atoms with van der Waals surface area (Å²) >= 11 is 1.67. The molecule has 0 aliphatic carbocycles. The van der Waals surface area contributed by atoms with Crippen LogP contribution in [0.1, 0.15) is 17.7 Å². The number of hydrogen-bond acceptors (Lipinski definition) is 5. The highest BCUT2D eigenvalue weighted by atomic mass is 32.1. The number of thiophene rings is 1. The van der Waals surface area contributed by atoms with Gasteiger partial charge in [0.1, 0.15) is 18.0 Å². The highest BCUT2D eigenvalue weighted by Crippen LogP contribution is 2.25. The molecule has 1 aliphatic rings. The summed E-state index contributed by atoms with van der Waals surface area (Å²) in [7, 11) is 0. The topological polar surface area (TPSA) is 63.1 Å². The van der Waals surface area contributed by atoms with Crippen LogP contribution in [0.4, 0.5) is 5.82 Å². The van der Waals surface area contributed by atoms with E-state index in [0.29, 0.717) is 13.1 Å². The maximum absolute atomic E-state index is 12.7. The molecule has 1 aromatic carbocycles. The normalized spacial score (nSPS) is 16.7. The van der Waals surface area contributed by atoms with Crippen molar-refractivity contribution in [1.82, 2.24) is 19.9 Å². The lowest BCUT2D eigenvalue weighted by Crippen LogP contribution is -2.43. The van der Waals surface area contributed by atoms with Crippen molar-refractivity contribution < 1.29 is 4.79 Å². The first-order chi connectivity index (χ1) is 14.8. The van der Waals surface area contributed by atoms with Crippen LogP contribution in [0.25, 0.3) is 16.7 Å². The molecule has 152 valence electrons. The van der Waals surface area contributed by atoms with Crippen molar-refractivity contribution in [1.29, 1.82) is 0 Å². The van der Waals surface area contributed by atoms with Crippen molar-refractivity contribution in [3.8, 4) is 5.82 Å². The molecule has 4 heterocycles. The van der Waals surface area contributed by atoms with E-state index < -0.39 is 0 Å². The number of nitrogens with zero attached hydrogens (tertiary/aromatic N) is 4. The first-order valence-electron chi connectivity index (χ1n) is 10.2. The molecule has 30 heavy (non-hydrogen) atoms. The Morgan fingerprint density at radius 2 is 2.03 bits per heavy atom. The quantitative estimate of drug-likeness (QED) is 0.533. The van der Waals surface area contributed by atoms with Crippen LogP contribution >= 0.6 is 11.3 Å². The van der Waals surface area contributed by atoms with Crippen LogP contribution in [0.3, 0.4) is 0 Å². The smallest absolute Gasteiger partial charge is 0.225 e. The second-order valence-electron chi connectivity index (χ2n) is 7.56. The highest BCUT2D eigenvalue weighted by Gasteiger charge is 2.26. The molecule has 6 nitrogen and oxygen atoms in total. The number of hydrogen-bond donors (Lipinski definition) is 1. The molecule has 5 rings (SSSR count). The number of nitrogens with one attached hydrogen (secondary N) is 1. The summed E-state index contributed by atoms with van der Waals surface area (Å²) in [5.74, 6) is 1.81. The number of benzene rings is 1. The molecule has 4 aromatic rings. The average molecular weight is 418 g/mol. The van der Waals surface area contributed by atoms with Crippen molar-refractivity contribution in [3.05, 3.63) is 71.3 Å². The summed E-state index contributed by atoms with van der Waals surface area (Å²) in [5, 5.41) is 6.30. The Bertz CT molecular complexity index is 1150. The standard InChI is InChI=1S/C23H23N5OS/c29-23(24-14-19-7-4-12-30-19)18-6-3-10-27(15-18)21-13-22(26-16-25-21)28-11-9-17-5-1-2-8-20(17)28/h1-2,4-5,7-9,11-13,16,18H,3,6,10,14-15H2,(H,24,29)/t18-/m0/s1. The molecule has 0 bridgehead atoms. The summed E-state index contributed by atoms with van der Waals surface area (Å²) in [6, 6.07) is 16.4. The molecule has 0 spiro atoms. The zero-order valence-corrected chi connectivity index (χ0v) is 17.4. The van der Waals surface area contributed by atoms with Gasteiger partial charge in [-0.25, -0.2) is 9.97 Å². The maximum Gasteiger partial charge on any atom is 0.225 e. The van der Waals surface area contributed by atoms with Crippen molar-refractivity contribution >= 4 is 34.0 Å². The van der Waals surface area contributed by atoms with Gasteiger partial charge in [-0.05, 0) is 41.8 Å². The highest BCUT2D eigenvalue weighted by molar-refractivity contribution is 7.09. The van der Waals surface area contributed by atoms with Crippen molar-refractivity contribution in [3.63, 3.8) is 0 Å². The van der Waals surface area contributed by atoms with Gasteiger partial charge in [0.2, 0.25) is 5.91 Å². The van der Waals surface area contributed by atoms with Crippen molar-refractivity contribution in [2.24, 2.45) is 5.92 Å². The molecular weight excluding hydrogens is 394 g/mol. The molecule has 1 N–H and O–H groups in total. The van der Waals surface area contributed by atoms with Crippen LogP contribution in [0.15, 0.2) is 66.4 Å². The van der Waals surface area contributed by atoms with E-state index >= 15 is 0 Å². The number of piperidine rings is 1. The number of anilines is 1. The molecule has 1 fully saturated rings. The fraction of sp³-hybridized carbons (Fsp3) is 0.261.